The number of aryl methyl sites for hydroxylation is 1. The van der Waals surface area contributed by atoms with Crippen molar-refractivity contribution in [1.82, 2.24) is 19.9 Å². The van der Waals surface area contributed by atoms with Crippen molar-refractivity contribution in [1.29, 1.82) is 0 Å². The number of nitrogens with zero attached hydrogens (tertiary/aromatic N) is 4. The maximum Gasteiger partial charge on any atom is 0.227 e. The second-order valence-electron chi connectivity index (χ2n) is 7.84. The summed E-state index contributed by atoms with van der Waals surface area (Å²) >= 11 is 0. The molecule has 1 N–H and O–H groups in total. The van der Waals surface area contributed by atoms with Crippen LogP contribution in [0.1, 0.15) is 49.4 Å². The topological polar surface area (TPSA) is 53.9 Å². The summed E-state index contributed by atoms with van der Waals surface area (Å²) in [5, 5.41) is 3.31. The van der Waals surface area contributed by atoms with Crippen LogP contribution in [0.4, 0.5) is 11.6 Å². The van der Waals surface area contributed by atoms with E-state index in [2.05, 4.69) is 51.4 Å². The van der Waals surface area contributed by atoms with Gasteiger partial charge >= 0.3 is 0 Å². The number of hydrogen-bond acceptors (Lipinski definition) is 5. The van der Waals surface area contributed by atoms with E-state index in [1.165, 1.54) is 57.4 Å². The van der Waals surface area contributed by atoms with Crippen LogP contribution in [0.25, 0.3) is 0 Å². The second kappa shape index (κ2) is 8.61. The summed E-state index contributed by atoms with van der Waals surface area (Å²) < 4.78 is 0. The normalized spacial score (nSPS) is 21.3. The van der Waals surface area contributed by atoms with E-state index in [0.29, 0.717) is 11.9 Å². The molecule has 0 bridgehead atoms. The maximum absolute atomic E-state index is 4.83. The number of likely N-dealkylation sites (tertiary alicyclic amines) is 1. The van der Waals surface area contributed by atoms with Crippen molar-refractivity contribution >= 4 is 11.6 Å². The van der Waals surface area contributed by atoms with Crippen LogP contribution in [0.2, 0.25) is 0 Å². The first-order valence-electron chi connectivity index (χ1n) is 10.2. The van der Waals surface area contributed by atoms with Crippen LogP contribution < -0.4 is 5.32 Å². The molecule has 0 aromatic carbocycles. The highest BCUT2D eigenvalue weighted by Crippen LogP contribution is 2.30. The van der Waals surface area contributed by atoms with E-state index in [4.69, 9.17) is 4.98 Å². The van der Waals surface area contributed by atoms with Gasteiger partial charge in [-0.3, -0.25) is 4.98 Å². The third-order valence-corrected chi connectivity index (χ3v) is 5.70. The predicted molar refractivity (Wildman–Crippen MR) is 109 cm³/mol. The summed E-state index contributed by atoms with van der Waals surface area (Å²) in [5.74, 6) is 2.03. The summed E-state index contributed by atoms with van der Waals surface area (Å²) in [6.07, 6.45) is 14.5. The van der Waals surface area contributed by atoms with Gasteiger partial charge in [0.1, 0.15) is 0 Å². The first kappa shape index (κ1) is 18.1. The molecule has 1 aliphatic carbocycles. The molecular weight excluding hydrogens is 334 g/mol. The minimum atomic E-state index is 0.546. The minimum Gasteiger partial charge on any atom is -0.324 e. The van der Waals surface area contributed by atoms with Gasteiger partial charge in [-0.2, -0.15) is 0 Å². The van der Waals surface area contributed by atoms with E-state index >= 15 is 0 Å². The van der Waals surface area contributed by atoms with Gasteiger partial charge in [-0.1, -0.05) is 12.2 Å². The van der Waals surface area contributed by atoms with Gasteiger partial charge < -0.3 is 10.2 Å². The fraction of sp³-hybridized carbons (Fsp3) is 0.500. The lowest BCUT2D eigenvalue weighted by Crippen LogP contribution is -2.37. The van der Waals surface area contributed by atoms with Crippen molar-refractivity contribution in [3.05, 3.63) is 54.1 Å². The Labute approximate surface area is 162 Å². The third-order valence-electron chi connectivity index (χ3n) is 5.70. The molecule has 4 rings (SSSR count). The summed E-state index contributed by atoms with van der Waals surface area (Å²) in [5.41, 5.74) is 3.27. The lowest BCUT2D eigenvalue weighted by atomic mass is 9.90. The monoisotopic (exact) mass is 363 g/mol. The molecule has 5 heteroatoms. The Kier molecular flexibility index (Phi) is 5.78. The van der Waals surface area contributed by atoms with Crippen LogP contribution in [0, 0.1) is 12.8 Å². The van der Waals surface area contributed by atoms with Crippen molar-refractivity contribution in [2.75, 3.05) is 25.0 Å². The highest BCUT2D eigenvalue weighted by atomic mass is 15.1. The number of piperidine rings is 1. The van der Waals surface area contributed by atoms with Gasteiger partial charge in [0.15, 0.2) is 0 Å². The Balaban J connectivity index is 1.37. The molecule has 1 aliphatic heterocycles. The molecule has 2 aromatic heterocycles. The molecule has 2 aromatic rings. The van der Waals surface area contributed by atoms with Gasteiger partial charge in [0, 0.05) is 41.9 Å². The van der Waals surface area contributed by atoms with Crippen LogP contribution in [0.15, 0.2) is 42.7 Å². The van der Waals surface area contributed by atoms with Crippen molar-refractivity contribution < 1.29 is 0 Å². The van der Waals surface area contributed by atoms with Crippen LogP contribution in [0.3, 0.4) is 0 Å². The predicted octanol–water partition coefficient (Wildman–Crippen LogP) is 4.46. The Hall–Kier alpha value is -2.27. The van der Waals surface area contributed by atoms with Gasteiger partial charge in [-0.15, -0.1) is 0 Å². The van der Waals surface area contributed by atoms with Gasteiger partial charge in [-0.25, -0.2) is 9.97 Å². The fourth-order valence-corrected chi connectivity index (χ4v) is 4.27. The first-order chi connectivity index (χ1) is 13.3. The Morgan fingerprint density at radius 3 is 2.63 bits per heavy atom. The zero-order chi connectivity index (χ0) is 18.5. The van der Waals surface area contributed by atoms with Crippen LogP contribution >= 0.6 is 0 Å². The van der Waals surface area contributed by atoms with E-state index in [1.807, 2.05) is 6.07 Å². The van der Waals surface area contributed by atoms with Gasteiger partial charge in [0.05, 0.1) is 0 Å². The lowest BCUT2D eigenvalue weighted by Gasteiger charge is -2.34. The molecule has 5 nitrogen and oxygen atoms in total. The van der Waals surface area contributed by atoms with E-state index in [0.717, 1.165) is 17.3 Å². The van der Waals surface area contributed by atoms with Crippen molar-refractivity contribution in [3.8, 4) is 0 Å². The Bertz CT molecular complexity index is 766. The Morgan fingerprint density at radius 2 is 1.89 bits per heavy atom. The van der Waals surface area contributed by atoms with Crippen molar-refractivity contribution in [3.63, 3.8) is 0 Å². The molecule has 1 saturated heterocycles. The van der Waals surface area contributed by atoms with Crippen molar-refractivity contribution in [2.45, 2.75) is 44.9 Å². The number of nitrogens with one attached hydrogen (secondary N) is 1. The second-order valence-corrected chi connectivity index (χ2v) is 7.84. The number of hydrogen-bond donors (Lipinski definition) is 1. The number of anilines is 2. The van der Waals surface area contributed by atoms with E-state index in [-0.39, 0.29) is 0 Å². The summed E-state index contributed by atoms with van der Waals surface area (Å²) in [6.45, 7) is 5.69. The standard InChI is InChI=1S/C22H29N5/c1-17-14-20(26-22-23-10-5-11-24-22)15-21(25-17)19-8-12-27(13-9-19)16-18-6-3-2-4-7-18/h2-3,5,10-11,14-15,18-19H,4,6-9,12-13,16H2,1H3,(H,23,24,25,26)/t18-/m1/s1. The SMILES string of the molecule is Cc1cc(Nc2ncccn2)cc(C2CCN(C[C@@H]3CC=CCC3)CC2)n1. The highest BCUT2D eigenvalue weighted by molar-refractivity contribution is 5.54. The smallest absolute Gasteiger partial charge is 0.227 e. The van der Waals surface area contributed by atoms with Gasteiger partial charge in [-0.05, 0) is 76.2 Å². The average molecular weight is 364 g/mol. The lowest BCUT2D eigenvalue weighted by molar-refractivity contribution is 0.176. The molecule has 2 aliphatic rings. The number of aromatic nitrogens is 3. The molecule has 1 atom stereocenters. The van der Waals surface area contributed by atoms with Crippen LogP contribution in [0.5, 0.6) is 0 Å². The molecule has 0 radical (unpaired) electrons. The zero-order valence-corrected chi connectivity index (χ0v) is 16.1. The first-order valence-corrected chi connectivity index (χ1v) is 10.2. The molecule has 0 spiro atoms. The third kappa shape index (κ3) is 4.92. The summed E-state index contributed by atoms with van der Waals surface area (Å²) in [4.78, 5) is 16.0. The number of allylic oxidation sites excluding steroid dienone is 2. The molecule has 0 saturated carbocycles. The highest BCUT2D eigenvalue weighted by Gasteiger charge is 2.24. The molecule has 0 amide bonds. The molecule has 0 unspecified atom stereocenters. The van der Waals surface area contributed by atoms with Crippen molar-refractivity contribution in [2.24, 2.45) is 5.92 Å². The largest absolute Gasteiger partial charge is 0.324 e. The molecule has 142 valence electrons. The van der Waals surface area contributed by atoms with E-state index < -0.39 is 0 Å². The quantitative estimate of drug-likeness (QED) is 0.795. The maximum atomic E-state index is 4.83. The molecule has 3 heterocycles. The number of rotatable bonds is 5. The molecule has 27 heavy (non-hydrogen) atoms. The summed E-state index contributed by atoms with van der Waals surface area (Å²) in [7, 11) is 0. The average Bonchev–Trinajstić information content (AvgIpc) is 2.70. The van der Waals surface area contributed by atoms with Crippen LogP contribution in [-0.4, -0.2) is 39.5 Å². The molecule has 1 fully saturated rings. The molecular formula is C22H29N5. The summed E-state index contributed by atoms with van der Waals surface area (Å²) in [6, 6.07) is 6.06. The van der Waals surface area contributed by atoms with Gasteiger partial charge in [0.2, 0.25) is 5.95 Å². The van der Waals surface area contributed by atoms with Crippen LogP contribution in [-0.2, 0) is 0 Å². The van der Waals surface area contributed by atoms with E-state index in [9.17, 15) is 0 Å². The van der Waals surface area contributed by atoms with E-state index in [1.54, 1.807) is 12.4 Å². The zero-order valence-electron chi connectivity index (χ0n) is 16.1. The van der Waals surface area contributed by atoms with Gasteiger partial charge in [0.25, 0.3) is 0 Å². The Morgan fingerprint density at radius 1 is 1.07 bits per heavy atom. The fourth-order valence-electron chi connectivity index (χ4n) is 4.27. The number of pyridine rings is 1. The minimum absolute atomic E-state index is 0.546.